The Morgan fingerprint density at radius 1 is 1.33 bits per heavy atom. The number of nitrogens with one attached hydrogen (secondary N) is 2. The van der Waals surface area contributed by atoms with Gasteiger partial charge in [-0.2, -0.15) is 5.26 Å². The molecule has 8 heteroatoms. The average molecular weight is 448 g/mol. The maximum atomic E-state index is 14.0. The molecule has 1 aliphatic heterocycles. The van der Waals surface area contributed by atoms with Gasteiger partial charge < -0.3 is 20.6 Å². The van der Waals surface area contributed by atoms with Gasteiger partial charge in [-0.1, -0.05) is 32.0 Å². The summed E-state index contributed by atoms with van der Waals surface area (Å²) < 4.78 is 14.0. The molecule has 0 radical (unpaired) electrons. The van der Waals surface area contributed by atoms with Crippen molar-refractivity contribution in [1.82, 2.24) is 4.90 Å². The van der Waals surface area contributed by atoms with E-state index in [1.165, 1.54) is 12.3 Å². The van der Waals surface area contributed by atoms with Crippen molar-refractivity contribution in [3.63, 3.8) is 0 Å². The summed E-state index contributed by atoms with van der Waals surface area (Å²) in [5.74, 6) is -2.63. The number of benzene rings is 2. The number of hydrogen-bond donors (Lipinski definition) is 2. The average Bonchev–Trinajstić information content (AvgIpc) is 2.78. The molecule has 2 N–H and O–H groups in total. The second-order valence-electron chi connectivity index (χ2n) is 8.39. The minimum Gasteiger partial charge on any atom is -0.333 e. The molecular formula is C25H26FN5O2. The van der Waals surface area contributed by atoms with Crippen molar-refractivity contribution in [2.45, 2.75) is 25.8 Å². The third-order valence-corrected chi connectivity index (χ3v) is 5.54. The summed E-state index contributed by atoms with van der Waals surface area (Å²) in [5.41, 5.74) is 1.19. The number of hydrogen-bond acceptors (Lipinski definition) is 5. The Kier molecular flexibility index (Phi) is 7.34. The van der Waals surface area contributed by atoms with Gasteiger partial charge in [-0.3, -0.25) is 9.59 Å². The van der Waals surface area contributed by atoms with Crippen molar-refractivity contribution in [3.8, 4) is 6.07 Å². The Morgan fingerprint density at radius 3 is 2.70 bits per heavy atom. The third kappa shape index (κ3) is 4.98. The highest BCUT2D eigenvalue weighted by Gasteiger charge is 2.46. The Hall–Kier alpha value is -3.86. The van der Waals surface area contributed by atoms with E-state index in [9.17, 15) is 14.0 Å². The Morgan fingerprint density at radius 2 is 2.06 bits per heavy atom. The van der Waals surface area contributed by atoms with E-state index >= 15 is 0 Å². The SMILES string of the molecule is CN=CC(C=N)[C@H]1[C@H](C(=O)Nc2cc(F)cc(C#N)c2)c2ccccc2C(=O)N1CC(C)C. The van der Waals surface area contributed by atoms with E-state index in [1.807, 2.05) is 19.9 Å². The maximum Gasteiger partial charge on any atom is 0.254 e. The zero-order chi connectivity index (χ0) is 24.1. The molecular weight excluding hydrogens is 421 g/mol. The monoisotopic (exact) mass is 447 g/mol. The molecule has 0 aromatic heterocycles. The summed E-state index contributed by atoms with van der Waals surface area (Å²) in [4.78, 5) is 32.8. The minimum absolute atomic E-state index is 0.0815. The zero-order valence-corrected chi connectivity index (χ0v) is 18.7. The van der Waals surface area contributed by atoms with Gasteiger partial charge in [0.25, 0.3) is 5.91 Å². The quantitative estimate of drug-likeness (QED) is 0.629. The van der Waals surface area contributed by atoms with Gasteiger partial charge in [-0.15, -0.1) is 0 Å². The molecule has 0 aliphatic carbocycles. The highest BCUT2D eigenvalue weighted by atomic mass is 19.1. The second kappa shape index (κ2) is 10.2. The molecule has 1 aliphatic rings. The topological polar surface area (TPSA) is 109 Å². The van der Waals surface area contributed by atoms with Crippen molar-refractivity contribution in [3.05, 3.63) is 65.0 Å². The van der Waals surface area contributed by atoms with Crippen LogP contribution in [-0.4, -0.2) is 48.8 Å². The first-order chi connectivity index (χ1) is 15.8. The first-order valence-electron chi connectivity index (χ1n) is 10.6. The number of anilines is 1. The number of rotatable bonds is 7. The van der Waals surface area contributed by atoms with E-state index in [-0.39, 0.29) is 23.1 Å². The van der Waals surface area contributed by atoms with Crippen molar-refractivity contribution >= 4 is 29.9 Å². The Labute approximate surface area is 192 Å². The highest BCUT2D eigenvalue weighted by molar-refractivity contribution is 6.05. The van der Waals surface area contributed by atoms with E-state index < -0.39 is 29.6 Å². The molecule has 33 heavy (non-hydrogen) atoms. The third-order valence-electron chi connectivity index (χ3n) is 5.54. The molecule has 0 spiro atoms. The molecule has 0 saturated heterocycles. The van der Waals surface area contributed by atoms with Crippen LogP contribution in [0.1, 0.15) is 41.3 Å². The summed E-state index contributed by atoms with van der Waals surface area (Å²) in [6, 6.07) is 11.7. The predicted molar refractivity (Wildman–Crippen MR) is 125 cm³/mol. The lowest BCUT2D eigenvalue weighted by atomic mass is 9.76. The second-order valence-corrected chi connectivity index (χ2v) is 8.39. The number of halogens is 1. The molecule has 7 nitrogen and oxygen atoms in total. The van der Waals surface area contributed by atoms with E-state index in [1.54, 1.807) is 42.4 Å². The molecule has 3 atom stereocenters. The normalized spacial score (nSPS) is 18.7. The van der Waals surface area contributed by atoms with E-state index in [2.05, 4.69) is 10.3 Å². The minimum atomic E-state index is -0.837. The van der Waals surface area contributed by atoms with E-state index in [0.717, 1.165) is 12.1 Å². The standard InChI is InChI=1S/C25H26FN5O2/c1-15(2)14-31-23(17(12-28)13-29-3)22(20-6-4-5-7-21(20)25(31)33)24(32)30-19-9-16(11-27)8-18(26)10-19/h4-10,12-13,15,17,22-23,28H,14H2,1-3H3,(H,30,32)/t17?,22-,23+/m1/s1. The summed E-state index contributed by atoms with van der Waals surface area (Å²) in [6.45, 7) is 4.34. The molecule has 2 aromatic rings. The van der Waals surface area contributed by atoms with Gasteiger partial charge in [0.15, 0.2) is 0 Å². The number of carbonyl (C=O) groups is 2. The van der Waals surface area contributed by atoms with Crippen molar-refractivity contribution in [1.29, 1.82) is 10.7 Å². The lowest BCUT2D eigenvalue weighted by molar-refractivity contribution is -0.119. The highest BCUT2D eigenvalue weighted by Crippen LogP contribution is 2.37. The fourth-order valence-corrected chi connectivity index (χ4v) is 4.29. The van der Waals surface area contributed by atoms with Crippen molar-refractivity contribution < 1.29 is 14.0 Å². The number of amides is 2. The molecule has 0 saturated carbocycles. The van der Waals surface area contributed by atoms with Crippen molar-refractivity contribution in [2.75, 3.05) is 18.9 Å². The fraction of sp³-hybridized carbons (Fsp3) is 0.320. The molecule has 2 aromatic carbocycles. The first kappa shape index (κ1) is 23.8. The van der Waals surface area contributed by atoms with Crippen LogP contribution in [0.15, 0.2) is 47.5 Å². The predicted octanol–water partition coefficient (Wildman–Crippen LogP) is 3.87. The fourth-order valence-electron chi connectivity index (χ4n) is 4.29. The van der Waals surface area contributed by atoms with Gasteiger partial charge in [-0.05, 0) is 35.7 Å². The van der Waals surface area contributed by atoms with E-state index in [0.29, 0.717) is 17.7 Å². The maximum absolute atomic E-state index is 14.0. The van der Waals surface area contributed by atoms with Crippen LogP contribution in [0.3, 0.4) is 0 Å². The van der Waals surface area contributed by atoms with Gasteiger partial charge in [0.2, 0.25) is 5.91 Å². The summed E-state index contributed by atoms with van der Waals surface area (Å²) in [6.07, 6.45) is 2.74. The summed E-state index contributed by atoms with van der Waals surface area (Å²) >= 11 is 0. The largest absolute Gasteiger partial charge is 0.333 e. The number of carbonyl (C=O) groups excluding carboxylic acids is 2. The van der Waals surface area contributed by atoms with Gasteiger partial charge in [0.1, 0.15) is 5.82 Å². The van der Waals surface area contributed by atoms with Gasteiger partial charge >= 0.3 is 0 Å². The Balaban J connectivity index is 2.14. The molecule has 0 fully saturated rings. The van der Waals surface area contributed by atoms with Crippen LogP contribution in [0.25, 0.3) is 0 Å². The van der Waals surface area contributed by atoms with E-state index in [4.69, 9.17) is 10.7 Å². The molecule has 1 heterocycles. The molecule has 3 rings (SSSR count). The van der Waals surface area contributed by atoms with Gasteiger partial charge in [-0.25, -0.2) is 4.39 Å². The number of fused-ring (bicyclic) bond motifs is 1. The van der Waals surface area contributed by atoms with Crippen LogP contribution in [0.5, 0.6) is 0 Å². The van der Waals surface area contributed by atoms with Crippen LogP contribution in [-0.2, 0) is 4.79 Å². The number of nitriles is 1. The van der Waals surface area contributed by atoms with Crippen LogP contribution >= 0.6 is 0 Å². The first-order valence-corrected chi connectivity index (χ1v) is 10.6. The molecule has 0 bridgehead atoms. The number of nitrogens with zero attached hydrogens (tertiary/aromatic N) is 3. The molecule has 2 amide bonds. The van der Waals surface area contributed by atoms with Crippen LogP contribution in [0.4, 0.5) is 10.1 Å². The van der Waals surface area contributed by atoms with Gasteiger partial charge in [0.05, 0.1) is 29.5 Å². The lowest BCUT2D eigenvalue weighted by Crippen LogP contribution is -2.56. The van der Waals surface area contributed by atoms with Crippen LogP contribution in [0.2, 0.25) is 0 Å². The summed E-state index contributed by atoms with van der Waals surface area (Å²) in [5, 5.41) is 19.8. The zero-order valence-electron chi connectivity index (χ0n) is 18.7. The Bertz CT molecular complexity index is 1140. The van der Waals surface area contributed by atoms with Crippen LogP contribution in [0, 0.1) is 34.4 Å². The smallest absolute Gasteiger partial charge is 0.254 e. The molecule has 170 valence electrons. The van der Waals surface area contributed by atoms with Gasteiger partial charge in [0, 0.05) is 37.3 Å². The number of aliphatic imine (C=N–C) groups is 1. The van der Waals surface area contributed by atoms with Crippen LogP contribution < -0.4 is 5.32 Å². The lowest BCUT2D eigenvalue weighted by Gasteiger charge is -2.44. The van der Waals surface area contributed by atoms with Crippen molar-refractivity contribution in [2.24, 2.45) is 16.8 Å². The molecule has 1 unspecified atom stereocenters. The summed E-state index contributed by atoms with van der Waals surface area (Å²) in [7, 11) is 1.58.